The van der Waals surface area contributed by atoms with Crippen LogP contribution in [0.3, 0.4) is 0 Å². The van der Waals surface area contributed by atoms with Gasteiger partial charge < -0.3 is 19.9 Å². The molecule has 0 bridgehead atoms. The van der Waals surface area contributed by atoms with E-state index in [-0.39, 0.29) is 5.91 Å². The molecule has 0 saturated carbocycles. The average molecular weight is 470 g/mol. The minimum atomic E-state index is -0.463. The number of carbonyl (C=O) groups is 1. The normalized spacial score (nSPS) is 21.3. The number of aromatic hydroxyl groups is 1. The van der Waals surface area contributed by atoms with Gasteiger partial charge in [0, 0.05) is 5.56 Å². The van der Waals surface area contributed by atoms with Crippen LogP contribution in [0.25, 0.3) is 6.08 Å². The van der Waals surface area contributed by atoms with Crippen molar-refractivity contribution in [2.45, 2.75) is 53.1 Å². The fourth-order valence-corrected chi connectivity index (χ4v) is 5.17. The molecule has 0 aromatic heterocycles. The van der Waals surface area contributed by atoms with E-state index in [9.17, 15) is 9.90 Å². The minimum Gasteiger partial charge on any atom is -0.507 e. The van der Waals surface area contributed by atoms with Gasteiger partial charge in [0.25, 0.3) is 5.91 Å². The molecule has 0 spiro atoms. The lowest BCUT2D eigenvalue weighted by molar-refractivity contribution is -0.115. The van der Waals surface area contributed by atoms with E-state index in [2.05, 4.69) is 12.2 Å². The SMILES string of the molecule is Cc1cc(/C=C2\SC(=S)NC2=O)ccc1OCC1(C)CCc2c(C)c(O)c(C)c(C)c2O1. The van der Waals surface area contributed by atoms with Crippen molar-refractivity contribution < 1.29 is 19.4 Å². The van der Waals surface area contributed by atoms with Gasteiger partial charge in [0.05, 0.1) is 4.91 Å². The summed E-state index contributed by atoms with van der Waals surface area (Å²) in [7, 11) is 0. The third kappa shape index (κ3) is 4.24. The minimum absolute atomic E-state index is 0.158. The number of fused-ring (bicyclic) bond motifs is 1. The molecule has 168 valence electrons. The molecule has 2 aromatic carbocycles. The third-order valence-electron chi connectivity index (χ3n) is 6.26. The van der Waals surface area contributed by atoms with Gasteiger partial charge in [-0.2, -0.15) is 0 Å². The number of nitrogens with one attached hydrogen (secondary N) is 1. The van der Waals surface area contributed by atoms with E-state index in [1.807, 2.05) is 52.0 Å². The maximum atomic E-state index is 11.9. The van der Waals surface area contributed by atoms with Crippen molar-refractivity contribution in [3.05, 3.63) is 56.5 Å². The van der Waals surface area contributed by atoms with Crippen LogP contribution >= 0.6 is 24.0 Å². The first-order valence-electron chi connectivity index (χ1n) is 10.6. The van der Waals surface area contributed by atoms with Crippen LogP contribution in [-0.2, 0) is 11.2 Å². The number of rotatable bonds is 4. The van der Waals surface area contributed by atoms with Gasteiger partial charge in [0.15, 0.2) is 0 Å². The zero-order valence-corrected chi connectivity index (χ0v) is 20.6. The van der Waals surface area contributed by atoms with Crippen LogP contribution in [0, 0.1) is 27.7 Å². The summed E-state index contributed by atoms with van der Waals surface area (Å²) in [6, 6.07) is 5.86. The fourth-order valence-electron chi connectivity index (χ4n) is 4.12. The number of benzene rings is 2. The van der Waals surface area contributed by atoms with Gasteiger partial charge >= 0.3 is 0 Å². The van der Waals surface area contributed by atoms with E-state index in [0.717, 1.165) is 57.7 Å². The number of phenolic OH excluding ortho intramolecular Hbond substituents is 1. The molecular formula is C25H27NO4S2. The van der Waals surface area contributed by atoms with Crippen LogP contribution in [-0.4, -0.2) is 27.5 Å². The lowest BCUT2D eigenvalue weighted by atomic mass is 9.87. The molecule has 2 aliphatic heterocycles. The Morgan fingerprint density at radius 3 is 2.66 bits per heavy atom. The van der Waals surface area contributed by atoms with Crippen molar-refractivity contribution in [1.29, 1.82) is 0 Å². The number of carbonyl (C=O) groups excluding carboxylic acids is 1. The maximum Gasteiger partial charge on any atom is 0.263 e. The molecule has 2 N–H and O–H groups in total. The highest BCUT2D eigenvalue weighted by molar-refractivity contribution is 8.26. The number of amides is 1. The molecule has 1 atom stereocenters. The lowest BCUT2D eigenvalue weighted by Gasteiger charge is -2.37. The molecule has 1 amide bonds. The quantitative estimate of drug-likeness (QED) is 0.469. The van der Waals surface area contributed by atoms with Crippen molar-refractivity contribution in [1.82, 2.24) is 5.32 Å². The average Bonchev–Trinajstić information content (AvgIpc) is 3.06. The Hall–Kier alpha value is -2.51. The summed E-state index contributed by atoms with van der Waals surface area (Å²) >= 11 is 6.32. The second kappa shape index (κ2) is 8.45. The predicted molar refractivity (Wildman–Crippen MR) is 133 cm³/mol. The fraction of sp³-hybridized carbons (Fsp3) is 0.360. The summed E-state index contributed by atoms with van der Waals surface area (Å²) in [4.78, 5) is 12.5. The number of hydrogen-bond donors (Lipinski definition) is 2. The largest absolute Gasteiger partial charge is 0.507 e. The van der Waals surface area contributed by atoms with Crippen molar-refractivity contribution in [2.24, 2.45) is 0 Å². The van der Waals surface area contributed by atoms with Crippen LogP contribution in [0.1, 0.15) is 46.7 Å². The summed E-state index contributed by atoms with van der Waals surface area (Å²) in [6.45, 7) is 10.3. The Balaban J connectivity index is 1.49. The van der Waals surface area contributed by atoms with Crippen LogP contribution < -0.4 is 14.8 Å². The van der Waals surface area contributed by atoms with Crippen LogP contribution in [0.2, 0.25) is 0 Å². The summed E-state index contributed by atoms with van der Waals surface area (Å²) < 4.78 is 13.1. The Labute approximate surface area is 198 Å². The monoisotopic (exact) mass is 469 g/mol. The highest BCUT2D eigenvalue weighted by Crippen LogP contribution is 2.43. The van der Waals surface area contributed by atoms with E-state index < -0.39 is 5.60 Å². The van der Waals surface area contributed by atoms with Gasteiger partial charge in [-0.15, -0.1) is 0 Å². The first kappa shape index (κ1) is 22.7. The molecule has 2 heterocycles. The Bertz CT molecular complexity index is 1170. The third-order valence-corrected chi connectivity index (χ3v) is 7.43. The van der Waals surface area contributed by atoms with Crippen molar-refractivity contribution in [2.75, 3.05) is 6.61 Å². The molecule has 1 fully saturated rings. The molecule has 5 nitrogen and oxygen atoms in total. The van der Waals surface area contributed by atoms with E-state index in [0.29, 0.717) is 21.6 Å². The molecule has 1 unspecified atom stereocenters. The van der Waals surface area contributed by atoms with Crippen molar-refractivity contribution in [3.8, 4) is 17.2 Å². The van der Waals surface area contributed by atoms with Crippen LogP contribution in [0.15, 0.2) is 23.1 Å². The highest BCUT2D eigenvalue weighted by atomic mass is 32.2. The first-order valence-corrected chi connectivity index (χ1v) is 11.8. The van der Waals surface area contributed by atoms with E-state index in [4.69, 9.17) is 21.7 Å². The van der Waals surface area contributed by atoms with Gasteiger partial charge in [-0.3, -0.25) is 4.79 Å². The van der Waals surface area contributed by atoms with Gasteiger partial charge in [0.2, 0.25) is 0 Å². The molecule has 2 aromatic rings. The topological polar surface area (TPSA) is 67.8 Å². The van der Waals surface area contributed by atoms with Crippen molar-refractivity contribution in [3.63, 3.8) is 0 Å². The Morgan fingerprint density at radius 2 is 2.00 bits per heavy atom. The number of thiocarbonyl (C=S) groups is 1. The smallest absolute Gasteiger partial charge is 0.263 e. The summed E-state index contributed by atoms with van der Waals surface area (Å²) in [5, 5.41) is 13.0. The maximum absolute atomic E-state index is 11.9. The molecule has 1 saturated heterocycles. The molecule has 32 heavy (non-hydrogen) atoms. The molecular weight excluding hydrogens is 442 g/mol. The number of hydrogen-bond acceptors (Lipinski definition) is 6. The lowest BCUT2D eigenvalue weighted by Crippen LogP contribution is -2.42. The van der Waals surface area contributed by atoms with E-state index >= 15 is 0 Å². The molecule has 0 radical (unpaired) electrons. The van der Waals surface area contributed by atoms with Crippen LogP contribution in [0.5, 0.6) is 17.2 Å². The standard InChI is InChI=1S/C25H27NO4S2/c1-13-10-17(11-20-23(28)26-24(31)32-20)6-7-19(13)29-12-25(5)9-8-18-16(4)21(27)14(2)15(3)22(18)30-25/h6-7,10-11,27H,8-9,12H2,1-5H3,(H,26,28,31)/b20-11-. The predicted octanol–water partition coefficient (Wildman–Crippen LogP) is 5.28. The second-order valence-electron chi connectivity index (χ2n) is 8.75. The molecule has 7 heteroatoms. The highest BCUT2D eigenvalue weighted by Gasteiger charge is 2.35. The van der Waals surface area contributed by atoms with Gasteiger partial charge in [-0.25, -0.2) is 0 Å². The number of thioether (sulfide) groups is 1. The van der Waals surface area contributed by atoms with E-state index in [1.165, 1.54) is 11.8 Å². The van der Waals surface area contributed by atoms with Crippen LogP contribution in [0.4, 0.5) is 0 Å². The number of phenols is 1. The zero-order chi connectivity index (χ0) is 23.2. The van der Waals surface area contributed by atoms with Gasteiger partial charge in [0.1, 0.15) is 33.8 Å². The van der Waals surface area contributed by atoms with E-state index in [1.54, 1.807) is 0 Å². The molecule has 0 aliphatic carbocycles. The van der Waals surface area contributed by atoms with Crippen molar-refractivity contribution >= 4 is 40.3 Å². The molecule has 4 rings (SSSR count). The first-order chi connectivity index (χ1) is 15.1. The molecule has 2 aliphatic rings. The Morgan fingerprint density at radius 1 is 1.25 bits per heavy atom. The summed E-state index contributed by atoms with van der Waals surface area (Å²) in [6.07, 6.45) is 3.47. The summed E-state index contributed by atoms with van der Waals surface area (Å²) in [5.41, 5.74) is 5.28. The van der Waals surface area contributed by atoms with Gasteiger partial charge in [-0.05, 0) is 93.5 Å². The van der Waals surface area contributed by atoms with Gasteiger partial charge in [-0.1, -0.05) is 30.0 Å². The number of ether oxygens (including phenoxy) is 2. The number of aryl methyl sites for hydroxylation is 1. The second-order valence-corrected chi connectivity index (χ2v) is 10.5. The summed E-state index contributed by atoms with van der Waals surface area (Å²) in [5.74, 6) is 1.87. The Kier molecular flexibility index (Phi) is 5.98. The zero-order valence-electron chi connectivity index (χ0n) is 18.9.